The van der Waals surface area contributed by atoms with E-state index in [0.29, 0.717) is 0 Å². The summed E-state index contributed by atoms with van der Waals surface area (Å²) in [5, 5.41) is 5.27. The molecule has 0 aromatic carbocycles. The number of alkyl halides is 3. The zero-order chi connectivity index (χ0) is 17.5. The number of anilines is 1. The molecule has 0 bridgehead atoms. The molecule has 1 heterocycles. The van der Waals surface area contributed by atoms with Gasteiger partial charge in [0.25, 0.3) is 0 Å². The molecule has 0 atom stereocenters. The molecule has 0 amide bonds. The summed E-state index contributed by atoms with van der Waals surface area (Å²) < 4.78 is 7.72. The number of rotatable bonds is 7. The molecular weight excluding hydrogens is 393 g/mol. The largest absolute Gasteiger partial charge is 0.461 e. The molecule has 1 rings (SSSR count). The molecule has 0 aliphatic heterocycles. The predicted molar refractivity (Wildman–Crippen MR) is 86.9 cm³/mol. The van der Waals surface area contributed by atoms with Gasteiger partial charge in [0.15, 0.2) is 5.13 Å². The fourth-order valence-corrected chi connectivity index (χ4v) is 1.85. The number of oxime groups is 1. The fraction of sp³-hybridized carbons (Fsp3) is 0.455. The maximum absolute atomic E-state index is 11.8. The third kappa shape index (κ3) is 7.69. The van der Waals surface area contributed by atoms with Crippen molar-refractivity contribution >= 4 is 68.9 Å². The summed E-state index contributed by atoms with van der Waals surface area (Å²) in [4.78, 5) is 31.8. The van der Waals surface area contributed by atoms with Crippen LogP contribution in [0.4, 0.5) is 5.13 Å². The quantitative estimate of drug-likeness (QED) is 0.320. The number of esters is 2. The average molecular weight is 405 g/mol. The van der Waals surface area contributed by atoms with Gasteiger partial charge in [-0.3, -0.25) is 0 Å². The molecule has 0 aliphatic rings. The molecule has 128 valence electrons. The number of hydrogen-bond acceptors (Lipinski definition) is 9. The number of aromatic nitrogens is 1. The van der Waals surface area contributed by atoms with Crippen LogP contribution in [0.1, 0.15) is 12.6 Å². The summed E-state index contributed by atoms with van der Waals surface area (Å²) in [5.74, 6) is -1.60. The highest BCUT2D eigenvalue weighted by atomic mass is 35.6. The van der Waals surface area contributed by atoms with Gasteiger partial charge in [0.05, 0.1) is 6.61 Å². The van der Waals surface area contributed by atoms with Crippen molar-refractivity contribution in [1.82, 2.24) is 4.98 Å². The summed E-state index contributed by atoms with van der Waals surface area (Å²) in [6.45, 7) is 0.711. The molecule has 12 heteroatoms. The maximum Gasteiger partial charge on any atom is 0.362 e. The van der Waals surface area contributed by atoms with Gasteiger partial charge in [0.2, 0.25) is 16.1 Å². The lowest BCUT2D eigenvalue weighted by atomic mass is 10.3. The topological polar surface area (TPSA) is 113 Å². The number of halogens is 3. The standard InChI is InChI=1S/C11H12Cl3N3O5S/c1-2-20-9(19)8(6-4-23-10(15)16-6)17-22-3-7(18)21-5-11(12,13)14/h4H,2-3,5H2,1H3,(H2,15,16)/b17-8+. The normalized spacial score (nSPS) is 11.9. The number of nitrogen functional groups attached to an aromatic ring is 1. The Balaban J connectivity index is 2.67. The minimum absolute atomic E-state index is 0.128. The number of carbonyl (C=O) groups is 2. The van der Waals surface area contributed by atoms with Gasteiger partial charge in [-0.05, 0) is 6.92 Å². The minimum atomic E-state index is -1.73. The van der Waals surface area contributed by atoms with Crippen LogP contribution >= 0.6 is 46.1 Å². The summed E-state index contributed by atoms with van der Waals surface area (Å²) in [5.41, 5.74) is 5.43. The molecule has 23 heavy (non-hydrogen) atoms. The Morgan fingerprint density at radius 2 is 2.09 bits per heavy atom. The Bertz CT molecular complexity index is 588. The predicted octanol–water partition coefficient (Wildman–Crippen LogP) is 1.92. The minimum Gasteiger partial charge on any atom is -0.461 e. The second-order valence-electron chi connectivity index (χ2n) is 3.78. The number of ether oxygens (including phenoxy) is 2. The molecule has 0 saturated carbocycles. The van der Waals surface area contributed by atoms with Crippen LogP contribution in [0.15, 0.2) is 10.5 Å². The Hall–Kier alpha value is -1.29. The lowest BCUT2D eigenvalue weighted by Gasteiger charge is -2.10. The Morgan fingerprint density at radius 3 is 2.61 bits per heavy atom. The molecule has 1 aromatic heterocycles. The van der Waals surface area contributed by atoms with Crippen molar-refractivity contribution in [3.05, 3.63) is 11.1 Å². The second-order valence-corrected chi connectivity index (χ2v) is 7.19. The summed E-state index contributed by atoms with van der Waals surface area (Å²) >= 11 is 17.4. The van der Waals surface area contributed by atoms with Gasteiger partial charge in [-0.2, -0.15) is 0 Å². The molecule has 0 radical (unpaired) electrons. The number of thiazole rings is 1. The molecule has 0 aliphatic carbocycles. The first-order valence-electron chi connectivity index (χ1n) is 6.03. The van der Waals surface area contributed by atoms with Gasteiger partial charge >= 0.3 is 11.9 Å². The zero-order valence-electron chi connectivity index (χ0n) is 11.8. The average Bonchev–Trinajstić information content (AvgIpc) is 2.87. The van der Waals surface area contributed by atoms with Crippen molar-refractivity contribution in [3.8, 4) is 0 Å². The van der Waals surface area contributed by atoms with Crippen LogP contribution in [-0.2, 0) is 23.9 Å². The van der Waals surface area contributed by atoms with E-state index in [1.54, 1.807) is 6.92 Å². The Labute approximate surface area is 150 Å². The zero-order valence-corrected chi connectivity index (χ0v) is 14.8. The van der Waals surface area contributed by atoms with Crippen LogP contribution < -0.4 is 5.73 Å². The third-order valence-corrected chi connectivity index (χ3v) is 2.97. The van der Waals surface area contributed by atoms with Gasteiger partial charge in [-0.1, -0.05) is 40.0 Å². The summed E-state index contributed by atoms with van der Waals surface area (Å²) in [7, 11) is 0. The molecule has 2 N–H and O–H groups in total. The number of hydrogen-bond donors (Lipinski definition) is 1. The smallest absolute Gasteiger partial charge is 0.362 e. The van der Waals surface area contributed by atoms with Crippen LogP contribution in [0.5, 0.6) is 0 Å². The highest BCUT2D eigenvalue weighted by Gasteiger charge is 2.23. The second kappa shape index (κ2) is 9.11. The Morgan fingerprint density at radius 1 is 1.39 bits per heavy atom. The van der Waals surface area contributed by atoms with Gasteiger partial charge in [-0.25, -0.2) is 14.6 Å². The van der Waals surface area contributed by atoms with E-state index in [-0.39, 0.29) is 23.1 Å². The first-order chi connectivity index (χ1) is 10.7. The summed E-state index contributed by atoms with van der Waals surface area (Å²) in [6, 6.07) is 0. The number of nitrogens with two attached hydrogens (primary N) is 1. The first kappa shape index (κ1) is 19.8. The van der Waals surface area contributed by atoms with Crippen molar-refractivity contribution in [2.24, 2.45) is 5.16 Å². The van der Waals surface area contributed by atoms with Crippen molar-refractivity contribution in [1.29, 1.82) is 0 Å². The number of carbonyl (C=O) groups excluding carboxylic acids is 2. The van der Waals surface area contributed by atoms with Crippen molar-refractivity contribution in [3.63, 3.8) is 0 Å². The third-order valence-electron chi connectivity index (χ3n) is 1.97. The van der Waals surface area contributed by atoms with Gasteiger partial charge in [0.1, 0.15) is 12.3 Å². The lowest BCUT2D eigenvalue weighted by Crippen LogP contribution is -2.22. The molecular formula is C11H12Cl3N3O5S. The van der Waals surface area contributed by atoms with Crippen molar-refractivity contribution in [2.45, 2.75) is 10.7 Å². The van der Waals surface area contributed by atoms with E-state index in [1.165, 1.54) is 5.38 Å². The van der Waals surface area contributed by atoms with E-state index < -0.39 is 28.9 Å². The number of nitrogens with zero attached hydrogens (tertiary/aromatic N) is 2. The van der Waals surface area contributed by atoms with E-state index in [1.807, 2.05) is 0 Å². The van der Waals surface area contributed by atoms with Gasteiger partial charge in [-0.15, -0.1) is 11.3 Å². The van der Waals surface area contributed by atoms with E-state index >= 15 is 0 Å². The van der Waals surface area contributed by atoms with E-state index in [9.17, 15) is 9.59 Å². The van der Waals surface area contributed by atoms with Crippen LogP contribution in [0.3, 0.4) is 0 Å². The molecule has 0 fully saturated rings. The van der Waals surface area contributed by atoms with Crippen molar-refractivity contribution < 1.29 is 23.9 Å². The van der Waals surface area contributed by atoms with Crippen molar-refractivity contribution in [2.75, 3.05) is 25.6 Å². The van der Waals surface area contributed by atoms with Crippen LogP contribution in [0.25, 0.3) is 0 Å². The molecule has 8 nitrogen and oxygen atoms in total. The molecule has 0 saturated heterocycles. The fourth-order valence-electron chi connectivity index (χ4n) is 1.14. The Kier molecular flexibility index (Phi) is 7.83. The molecule has 0 spiro atoms. The van der Waals surface area contributed by atoms with Gasteiger partial charge < -0.3 is 20.0 Å². The first-order valence-corrected chi connectivity index (χ1v) is 8.05. The molecule has 0 unspecified atom stereocenters. The van der Waals surface area contributed by atoms with Crippen LogP contribution in [0.2, 0.25) is 0 Å². The lowest BCUT2D eigenvalue weighted by molar-refractivity contribution is -0.149. The highest BCUT2D eigenvalue weighted by Crippen LogP contribution is 2.25. The van der Waals surface area contributed by atoms with Gasteiger partial charge in [0, 0.05) is 5.38 Å². The van der Waals surface area contributed by atoms with Crippen LogP contribution in [0, 0.1) is 0 Å². The van der Waals surface area contributed by atoms with Crippen LogP contribution in [-0.4, -0.2) is 46.2 Å². The summed E-state index contributed by atoms with van der Waals surface area (Å²) in [6.07, 6.45) is 0. The van der Waals surface area contributed by atoms with E-state index in [2.05, 4.69) is 14.9 Å². The van der Waals surface area contributed by atoms with E-state index in [0.717, 1.165) is 11.3 Å². The molecule has 1 aromatic rings. The van der Waals surface area contributed by atoms with E-state index in [4.69, 9.17) is 50.1 Å². The highest BCUT2D eigenvalue weighted by molar-refractivity contribution is 7.13. The monoisotopic (exact) mass is 403 g/mol. The maximum atomic E-state index is 11.8. The SMILES string of the molecule is CCOC(=O)/C(=N/OCC(=O)OCC(Cl)(Cl)Cl)c1csc(N)n1.